The first-order chi connectivity index (χ1) is 5.24. The van der Waals surface area contributed by atoms with Crippen LogP contribution in [0.2, 0.25) is 0 Å². The summed E-state index contributed by atoms with van der Waals surface area (Å²) in [7, 11) is 0. The monoisotopic (exact) mass is 173 g/mol. The fourth-order valence-electron chi connectivity index (χ4n) is 0.796. The average molecular weight is 173 g/mol. The van der Waals surface area contributed by atoms with Crippen LogP contribution in [0, 0.1) is 6.92 Å². The summed E-state index contributed by atoms with van der Waals surface area (Å²) in [6, 6.07) is 0. The highest BCUT2D eigenvalue weighted by atomic mass is 32.1. The van der Waals surface area contributed by atoms with Gasteiger partial charge in [-0.15, -0.1) is 11.3 Å². The Bertz CT molecular complexity index is 224. The lowest BCUT2D eigenvalue weighted by Gasteiger charge is -2.03. The van der Waals surface area contributed by atoms with Crippen LogP contribution < -0.4 is 0 Å². The smallest absolute Gasteiger partial charge is 0.0919 e. The highest BCUT2D eigenvalue weighted by Crippen LogP contribution is 2.22. The lowest BCUT2D eigenvalue weighted by atomic mass is 10.2. The molecule has 62 valence electrons. The Morgan fingerprint density at radius 2 is 2.45 bits per heavy atom. The lowest BCUT2D eigenvalue weighted by molar-refractivity contribution is 0.137. The summed E-state index contributed by atoms with van der Waals surface area (Å²) in [4.78, 5) is 4.83. The fraction of sp³-hybridized carbons (Fsp3) is 0.571. The number of rotatable bonds is 3. The van der Waals surface area contributed by atoms with Crippen molar-refractivity contribution in [3.05, 3.63) is 16.1 Å². The minimum atomic E-state index is -0.550. The van der Waals surface area contributed by atoms with Crippen molar-refractivity contribution in [1.82, 2.24) is 4.98 Å². The van der Waals surface area contributed by atoms with Gasteiger partial charge in [0.25, 0.3) is 0 Å². The van der Waals surface area contributed by atoms with Crippen LogP contribution in [0.5, 0.6) is 0 Å². The van der Waals surface area contributed by atoms with E-state index in [0.29, 0.717) is 6.42 Å². The van der Waals surface area contributed by atoms with Crippen molar-refractivity contribution in [1.29, 1.82) is 0 Å². The van der Waals surface area contributed by atoms with Gasteiger partial charge in [-0.25, -0.2) is 4.98 Å². The van der Waals surface area contributed by atoms with Gasteiger partial charge in [0.1, 0.15) is 0 Å². The Morgan fingerprint density at radius 1 is 1.73 bits per heavy atom. The second-order valence-electron chi connectivity index (χ2n) is 2.31. The molecule has 2 N–H and O–H groups in total. The fourth-order valence-corrected chi connectivity index (χ4v) is 1.60. The van der Waals surface area contributed by atoms with E-state index in [2.05, 4.69) is 4.98 Å². The van der Waals surface area contributed by atoms with Crippen molar-refractivity contribution in [2.24, 2.45) is 0 Å². The van der Waals surface area contributed by atoms with Crippen LogP contribution in [0.1, 0.15) is 22.4 Å². The standard InChI is InChI=1S/C7H11NO2S/c1-5-8-4-7(11-5)6(10)2-3-9/h4,6,9-10H,2-3H2,1H3. The Labute approximate surface area is 69.3 Å². The van der Waals surface area contributed by atoms with Gasteiger partial charge in [-0.2, -0.15) is 0 Å². The first-order valence-electron chi connectivity index (χ1n) is 3.45. The number of nitrogens with zero attached hydrogens (tertiary/aromatic N) is 1. The van der Waals surface area contributed by atoms with Gasteiger partial charge < -0.3 is 10.2 Å². The number of hydrogen-bond acceptors (Lipinski definition) is 4. The summed E-state index contributed by atoms with van der Waals surface area (Å²) < 4.78 is 0. The molecular weight excluding hydrogens is 162 g/mol. The number of aliphatic hydroxyl groups is 2. The molecule has 0 aromatic carbocycles. The van der Waals surface area contributed by atoms with Gasteiger partial charge in [0.2, 0.25) is 0 Å². The summed E-state index contributed by atoms with van der Waals surface area (Å²) in [5.41, 5.74) is 0. The van der Waals surface area contributed by atoms with Gasteiger partial charge in [-0.05, 0) is 6.92 Å². The molecule has 0 radical (unpaired) electrons. The third kappa shape index (κ3) is 2.25. The molecule has 0 amide bonds. The van der Waals surface area contributed by atoms with E-state index < -0.39 is 6.10 Å². The molecule has 0 saturated carbocycles. The van der Waals surface area contributed by atoms with Crippen LogP contribution in [-0.2, 0) is 0 Å². The van der Waals surface area contributed by atoms with Gasteiger partial charge in [0.15, 0.2) is 0 Å². The molecule has 1 aromatic heterocycles. The van der Waals surface area contributed by atoms with Gasteiger partial charge >= 0.3 is 0 Å². The van der Waals surface area contributed by atoms with E-state index in [1.807, 2.05) is 6.92 Å². The van der Waals surface area contributed by atoms with E-state index in [-0.39, 0.29) is 6.61 Å². The molecule has 0 spiro atoms. The van der Waals surface area contributed by atoms with Crippen molar-refractivity contribution >= 4 is 11.3 Å². The molecule has 1 rings (SSSR count). The van der Waals surface area contributed by atoms with E-state index in [1.54, 1.807) is 6.20 Å². The molecule has 0 aliphatic rings. The van der Waals surface area contributed by atoms with Gasteiger partial charge in [-0.3, -0.25) is 0 Å². The summed E-state index contributed by atoms with van der Waals surface area (Å²) in [5.74, 6) is 0. The summed E-state index contributed by atoms with van der Waals surface area (Å²) in [6.45, 7) is 1.90. The molecule has 0 fully saturated rings. The Kier molecular flexibility index (Phi) is 2.99. The molecule has 1 unspecified atom stereocenters. The quantitative estimate of drug-likeness (QED) is 0.713. The number of thiazole rings is 1. The molecule has 0 aliphatic heterocycles. The van der Waals surface area contributed by atoms with Crippen molar-refractivity contribution in [3.8, 4) is 0 Å². The zero-order valence-electron chi connectivity index (χ0n) is 6.32. The molecule has 1 heterocycles. The van der Waals surface area contributed by atoms with Crippen LogP contribution in [-0.4, -0.2) is 21.8 Å². The number of aliphatic hydroxyl groups excluding tert-OH is 2. The van der Waals surface area contributed by atoms with E-state index in [9.17, 15) is 5.11 Å². The summed E-state index contributed by atoms with van der Waals surface area (Å²) in [6.07, 6.45) is 1.49. The second kappa shape index (κ2) is 3.80. The van der Waals surface area contributed by atoms with Crippen molar-refractivity contribution < 1.29 is 10.2 Å². The Balaban J connectivity index is 2.60. The maximum absolute atomic E-state index is 9.34. The normalized spacial score (nSPS) is 13.4. The SMILES string of the molecule is Cc1ncc(C(O)CCO)s1. The van der Waals surface area contributed by atoms with Gasteiger partial charge in [0, 0.05) is 19.2 Å². The molecule has 1 aromatic rings. The largest absolute Gasteiger partial charge is 0.396 e. The third-order valence-corrected chi connectivity index (χ3v) is 2.38. The average Bonchev–Trinajstić information content (AvgIpc) is 2.36. The lowest BCUT2D eigenvalue weighted by Crippen LogP contribution is -1.96. The minimum absolute atomic E-state index is 0.0120. The van der Waals surface area contributed by atoms with Crippen molar-refractivity contribution in [3.63, 3.8) is 0 Å². The zero-order chi connectivity index (χ0) is 8.27. The van der Waals surface area contributed by atoms with E-state index >= 15 is 0 Å². The first-order valence-corrected chi connectivity index (χ1v) is 4.27. The maximum Gasteiger partial charge on any atom is 0.0919 e. The minimum Gasteiger partial charge on any atom is -0.396 e. The molecule has 0 aliphatic carbocycles. The van der Waals surface area contributed by atoms with Gasteiger partial charge in [0.05, 0.1) is 16.0 Å². The number of aryl methyl sites for hydroxylation is 1. The highest BCUT2D eigenvalue weighted by Gasteiger charge is 2.08. The summed E-state index contributed by atoms with van der Waals surface area (Å²) >= 11 is 1.46. The van der Waals surface area contributed by atoms with E-state index in [1.165, 1.54) is 11.3 Å². The van der Waals surface area contributed by atoms with Crippen LogP contribution in [0.3, 0.4) is 0 Å². The molecule has 1 atom stereocenters. The predicted octanol–water partition coefficient (Wildman–Crippen LogP) is 0.867. The highest BCUT2D eigenvalue weighted by molar-refractivity contribution is 7.11. The predicted molar refractivity (Wildman–Crippen MR) is 43.5 cm³/mol. The molecule has 3 nitrogen and oxygen atoms in total. The maximum atomic E-state index is 9.34. The van der Waals surface area contributed by atoms with Crippen LogP contribution >= 0.6 is 11.3 Å². The zero-order valence-corrected chi connectivity index (χ0v) is 7.14. The number of aromatic nitrogens is 1. The topological polar surface area (TPSA) is 53.4 Å². The second-order valence-corrected chi connectivity index (χ2v) is 3.58. The number of hydrogen-bond donors (Lipinski definition) is 2. The Morgan fingerprint density at radius 3 is 2.91 bits per heavy atom. The van der Waals surface area contributed by atoms with Crippen LogP contribution in [0.15, 0.2) is 6.20 Å². The first kappa shape index (κ1) is 8.64. The van der Waals surface area contributed by atoms with Crippen molar-refractivity contribution in [2.45, 2.75) is 19.4 Å². The van der Waals surface area contributed by atoms with E-state index in [4.69, 9.17) is 5.11 Å². The molecule has 4 heteroatoms. The summed E-state index contributed by atoms with van der Waals surface area (Å²) in [5, 5.41) is 18.8. The molecule has 0 bridgehead atoms. The van der Waals surface area contributed by atoms with Crippen LogP contribution in [0.25, 0.3) is 0 Å². The van der Waals surface area contributed by atoms with Gasteiger partial charge in [-0.1, -0.05) is 0 Å². The molecular formula is C7H11NO2S. The molecule has 0 saturated heterocycles. The third-order valence-electron chi connectivity index (χ3n) is 1.37. The Hall–Kier alpha value is -0.450. The van der Waals surface area contributed by atoms with E-state index in [0.717, 1.165) is 9.88 Å². The van der Waals surface area contributed by atoms with Crippen LogP contribution in [0.4, 0.5) is 0 Å². The molecule has 11 heavy (non-hydrogen) atoms. The van der Waals surface area contributed by atoms with Crippen molar-refractivity contribution in [2.75, 3.05) is 6.61 Å².